The van der Waals surface area contributed by atoms with Gasteiger partial charge in [-0.2, -0.15) is 0 Å². The van der Waals surface area contributed by atoms with E-state index in [0.29, 0.717) is 12.5 Å². The summed E-state index contributed by atoms with van der Waals surface area (Å²) in [7, 11) is 0. The number of carbonyl (C=O) groups excluding carboxylic acids is 1. The number of anilines is 1. The number of amides is 1. The first-order chi connectivity index (χ1) is 10.9. The topological polar surface area (TPSA) is 20.3 Å². The molecule has 2 aromatic carbocycles. The normalized spacial score (nSPS) is 17.1. The molecule has 0 N–H and O–H groups in total. The molecular weight excluding hydrogens is 306 g/mol. The van der Waals surface area contributed by atoms with E-state index in [1.54, 1.807) is 6.92 Å². The zero-order chi connectivity index (χ0) is 16.7. The van der Waals surface area contributed by atoms with Crippen LogP contribution in [-0.2, 0) is 17.8 Å². The highest BCUT2D eigenvalue weighted by Crippen LogP contribution is 2.36. The van der Waals surface area contributed by atoms with Crippen molar-refractivity contribution < 1.29 is 4.79 Å². The molecule has 1 aliphatic heterocycles. The van der Waals surface area contributed by atoms with Crippen LogP contribution in [0.2, 0.25) is 5.02 Å². The number of nitrogens with zero attached hydrogens (tertiary/aromatic N) is 1. The Balaban J connectivity index is 2.18. The molecule has 120 valence electrons. The Hall–Kier alpha value is -1.80. The Morgan fingerprint density at radius 2 is 1.83 bits per heavy atom. The number of rotatable bonds is 0. The molecule has 0 aliphatic carbocycles. The van der Waals surface area contributed by atoms with Crippen molar-refractivity contribution in [3.63, 3.8) is 0 Å². The van der Waals surface area contributed by atoms with E-state index in [4.69, 9.17) is 11.6 Å². The molecule has 3 heteroatoms. The third kappa shape index (κ3) is 3.00. The molecule has 1 amide bonds. The number of carbonyl (C=O) groups is 1. The summed E-state index contributed by atoms with van der Waals surface area (Å²) in [5.74, 6) is 0.461. The van der Waals surface area contributed by atoms with Crippen LogP contribution >= 0.6 is 11.6 Å². The van der Waals surface area contributed by atoms with Gasteiger partial charge in [-0.15, -0.1) is 0 Å². The van der Waals surface area contributed by atoms with Gasteiger partial charge in [0, 0.05) is 17.6 Å². The summed E-state index contributed by atoms with van der Waals surface area (Å²) >= 11 is 6.19. The molecule has 0 aromatic heterocycles. The van der Waals surface area contributed by atoms with Crippen LogP contribution in [-0.4, -0.2) is 5.91 Å². The quantitative estimate of drug-likeness (QED) is 0.653. The predicted molar refractivity (Wildman–Crippen MR) is 96.4 cm³/mol. The first-order valence-corrected chi connectivity index (χ1v) is 8.41. The van der Waals surface area contributed by atoms with Gasteiger partial charge in [0.15, 0.2) is 0 Å². The van der Waals surface area contributed by atoms with Gasteiger partial charge in [0.2, 0.25) is 5.91 Å². The summed E-state index contributed by atoms with van der Waals surface area (Å²) in [5.41, 5.74) is 7.29. The molecule has 2 aromatic rings. The van der Waals surface area contributed by atoms with Gasteiger partial charge in [0.05, 0.1) is 6.54 Å². The zero-order valence-electron chi connectivity index (χ0n) is 14.1. The summed E-state index contributed by atoms with van der Waals surface area (Å²) in [5, 5.41) is 0.723. The van der Waals surface area contributed by atoms with Crippen LogP contribution < -0.4 is 4.90 Å². The fourth-order valence-electron chi connectivity index (χ4n) is 3.45. The number of hydrogen-bond acceptors (Lipinski definition) is 1. The fourth-order valence-corrected chi connectivity index (χ4v) is 3.65. The minimum Gasteiger partial charge on any atom is -0.308 e. The summed E-state index contributed by atoms with van der Waals surface area (Å²) in [4.78, 5) is 14.1. The average Bonchev–Trinajstić information content (AvgIpc) is 2.47. The van der Waals surface area contributed by atoms with E-state index in [1.165, 1.54) is 22.3 Å². The second kappa shape index (κ2) is 6.01. The highest BCUT2D eigenvalue weighted by atomic mass is 35.5. The molecule has 1 unspecified atom stereocenters. The first kappa shape index (κ1) is 16.1. The Labute approximate surface area is 143 Å². The lowest BCUT2D eigenvalue weighted by Crippen LogP contribution is -2.31. The predicted octanol–water partition coefficient (Wildman–Crippen LogP) is 5.17. The second-order valence-electron chi connectivity index (χ2n) is 6.62. The third-order valence-corrected chi connectivity index (χ3v) is 5.09. The summed E-state index contributed by atoms with van der Waals surface area (Å²) in [6.45, 7) is 8.77. The lowest BCUT2D eigenvalue weighted by molar-refractivity contribution is -0.116. The van der Waals surface area contributed by atoms with Crippen molar-refractivity contribution in [2.24, 2.45) is 0 Å². The van der Waals surface area contributed by atoms with Crippen molar-refractivity contribution in [2.45, 2.75) is 46.6 Å². The highest BCUT2D eigenvalue weighted by Gasteiger charge is 2.24. The molecule has 3 rings (SSSR count). The van der Waals surface area contributed by atoms with E-state index < -0.39 is 0 Å². The maximum absolute atomic E-state index is 12.2. The fraction of sp³-hybridized carbons (Fsp3) is 0.350. The Morgan fingerprint density at radius 3 is 2.52 bits per heavy atom. The largest absolute Gasteiger partial charge is 0.308 e. The number of fused-ring (bicyclic) bond motifs is 2. The van der Waals surface area contributed by atoms with Gasteiger partial charge < -0.3 is 4.90 Å². The molecule has 1 heterocycles. The molecule has 0 spiro atoms. The lowest BCUT2D eigenvalue weighted by atomic mass is 9.85. The molecular formula is C20H22ClNO. The summed E-state index contributed by atoms with van der Waals surface area (Å²) < 4.78 is 0. The van der Waals surface area contributed by atoms with E-state index in [2.05, 4.69) is 32.9 Å². The molecule has 2 nitrogen and oxygen atoms in total. The molecule has 0 bridgehead atoms. The van der Waals surface area contributed by atoms with Crippen molar-refractivity contribution >= 4 is 23.2 Å². The maximum Gasteiger partial charge on any atom is 0.224 e. The van der Waals surface area contributed by atoms with Gasteiger partial charge in [-0.05, 0) is 72.2 Å². The molecule has 0 saturated heterocycles. The van der Waals surface area contributed by atoms with E-state index in [0.717, 1.165) is 22.7 Å². The average molecular weight is 328 g/mol. The lowest BCUT2D eigenvalue weighted by Gasteiger charge is -2.31. The van der Waals surface area contributed by atoms with Gasteiger partial charge in [-0.1, -0.05) is 30.7 Å². The Kier molecular flexibility index (Phi) is 4.20. The van der Waals surface area contributed by atoms with Crippen molar-refractivity contribution in [3.8, 4) is 0 Å². The standard InChI is InChI=1S/C20H22ClNO/c1-12-7-17-11-22(15(4)23)20-6-5-18(21)10-16(20)8-14(3)19(17)9-13(12)2/h5-7,9-10,14H,8,11H2,1-4H3. The van der Waals surface area contributed by atoms with Crippen LogP contribution in [0.3, 0.4) is 0 Å². The SMILES string of the molecule is CC(=O)N1Cc2cc(C)c(C)cc2C(C)Cc2cc(Cl)ccc21. The zero-order valence-corrected chi connectivity index (χ0v) is 14.9. The number of aryl methyl sites for hydroxylation is 2. The van der Waals surface area contributed by atoms with Crippen LogP contribution in [0.5, 0.6) is 0 Å². The van der Waals surface area contributed by atoms with E-state index in [1.807, 2.05) is 23.1 Å². The number of hydrogen-bond donors (Lipinski definition) is 0. The van der Waals surface area contributed by atoms with Gasteiger partial charge in [-0.3, -0.25) is 4.79 Å². The van der Waals surface area contributed by atoms with Crippen molar-refractivity contribution in [1.82, 2.24) is 0 Å². The molecule has 0 radical (unpaired) electrons. The maximum atomic E-state index is 12.2. The Bertz CT molecular complexity index is 781. The smallest absolute Gasteiger partial charge is 0.224 e. The number of benzene rings is 2. The van der Waals surface area contributed by atoms with Crippen LogP contribution in [0.1, 0.15) is 47.6 Å². The third-order valence-electron chi connectivity index (χ3n) is 4.85. The number of halogens is 1. The van der Waals surface area contributed by atoms with Gasteiger partial charge in [0.25, 0.3) is 0 Å². The second-order valence-corrected chi connectivity index (χ2v) is 7.06. The van der Waals surface area contributed by atoms with Crippen molar-refractivity contribution in [2.75, 3.05) is 4.90 Å². The van der Waals surface area contributed by atoms with E-state index in [9.17, 15) is 4.79 Å². The van der Waals surface area contributed by atoms with Crippen molar-refractivity contribution in [1.29, 1.82) is 0 Å². The Morgan fingerprint density at radius 1 is 1.13 bits per heavy atom. The minimum absolute atomic E-state index is 0.0623. The van der Waals surface area contributed by atoms with Crippen LogP contribution in [0.25, 0.3) is 0 Å². The van der Waals surface area contributed by atoms with Gasteiger partial charge >= 0.3 is 0 Å². The molecule has 0 fully saturated rings. The van der Waals surface area contributed by atoms with Crippen LogP contribution in [0.15, 0.2) is 30.3 Å². The highest BCUT2D eigenvalue weighted by molar-refractivity contribution is 6.30. The summed E-state index contributed by atoms with van der Waals surface area (Å²) in [6, 6.07) is 10.3. The minimum atomic E-state index is 0.0623. The molecule has 1 aliphatic rings. The summed E-state index contributed by atoms with van der Waals surface area (Å²) in [6.07, 6.45) is 0.884. The van der Waals surface area contributed by atoms with Crippen LogP contribution in [0.4, 0.5) is 5.69 Å². The van der Waals surface area contributed by atoms with Gasteiger partial charge in [0.1, 0.15) is 0 Å². The van der Waals surface area contributed by atoms with E-state index in [-0.39, 0.29) is 5.91 Å². The van der Waals surface area contributed by atoms with Crippen LogP contribution in [0, 0.1) is 13.8 Å². The van der Waals surface area contributed by atoms with Crippen molar-refractivity contribution in [3.05, 3.63) is 63.2 Å². The van der Waals surface area contributed by atoms with Gasteiger partial charge in [-0.25, -0.2) is 0 Å². The molecule has 23 heavy (non-hydrogen) atoms. The van der Waals surface area contributed by atoms with E-state index >= 15 is 0 Å². The molecule has 0 saturated carbocycles. The molecule has 1 atom stereocenters. The monoisotopic (exact) mass is 327 g/mol. The first-order valence-electron chi connectivity index (χ1n) is 8.03.